The molecule has 0 bridgehead atoms. The van der Waals surface area contributed by atoms with Crippen LogP contribution >= 0.6 is 11.3 Å². The van der Waals surface area contributed by atoms with Crippen LogP contribution in [-0.2, 0) is 30.8 Å². The predicted octanol–water partition coefficient (Wildman–Crippen LogP) is 4.06. The zero-order valence-corrected chi connectivity index (χ0v) is 21.0. The molecule has 0 atom stereocenters. The number of hydrogen-bond acceptors (Lipinski definition) is 5. The summed E-state index contributed by atoms with van der Waals surface area (Å²) in [5.74, 6) is 0.841. The number of rotatable bonds is 13. The summed E-state index contributed by atoms with van der Waals surface area (Å²) in [6.45, 7) is 6.04. The normalized spacial score (nSPS) is 13.6. The van der Waals surface area contributed by atoms with Crippen molar-refractivity contribution in [3.05, 3.63) is 49.1 Å². The summed E-state index contributed by atoms with van der Waals surface area (Å²) in [6.07, 6.45) is 7.72. The molecule has 0 unspecified atom stereocenters. The minimum absolute atomic E-state index is 0.125. The molecule has 1 aliphatic carbocycles. The Morgan fingerprint density at radius 3 is 2.59 bits per heavy atom. The molecule has 8 nitrogen and oxygen atoms in total. The lowest BCUT2D eigenvalue weighted by Crippen LogP contribution is -2.32. The molecule has 0 radical (unpaired) electrons. The van der Waals surface area contributed by atoms with Crippen LogP contribution in [0, 0.1) is 0 Å². The molecule has 0 aromatic carbocycles. The number of nitrogens with one attached hydrogen (secondary N) is 1. The number of aromatic nitrogens is 4. The number of aryl methyl sites for hydroxylation is 3. The van der Waals surface area contributed by atoms with Crippen LogP contribution < -0.4 is 11.2 Å². The predicted molar refractivity (Wildman–Crippen MR) is 135 cm³/mol. The van der Waals surface area contributed by atoms with E-state index in [0.717, 1.165) is 44.9 Å². The zero-order valence-electron chi connectivity index (χ0n) is 20.2. The van der Waals surface area contributed by atoms with E-state index in [9.17, 15) is 14.4 Å². The fraction of sp³-hybridized carbons (Fsp3) is 0.600. The highest BCUT2D eigenvalue weighted by Gasteiger charge is 2.32. The summed E-state index contributed by atoms with van der Waals surface area (Å²) in [6, 6.07) is 4.42. The highest BCUT2D eigenvalue weighted by Crippen LogP contribution is 2.30. The first-order valence-electron chi connectivity index (χ1n) is 12.6. The van der Waals surface area contributed by atoms with Gasteiger partial charge < -0.3 is 9.47 Å². The Morgan fingerprint density at radius 1 is 1.15 bits per heavy atom. The van der Waals surface area contributed by atoms with E-state index >= 15 is 0 Å². The number of H-pyrrole nitrogens is 1. The first kappa shape index (κ1) is 24.4. The summed E-state index contributed by atoms with van der Waals surface area (Å²) in [5, 5.41) is 2.04. The van der Waals surface area contributed by atoms with Gasteiger partial charge in [0.2, 0.25) is 5.91 Å². The first-order valence-corrected chi connectivity index (χ1v) is 13.5. The second kappa shape index (κ2) is 11.2. The number of unbranched alkanes of at least 4 members (excludes halogenated alkanes) is 3. The number of imidazole rings is 1. The SMILES string of the molecule is CCCCCn1c(CCC(=O)N(Cc2cccs2)C2CC2)nc2c1c(=O)[nH]c(=O)n2CCCC. The minimum atomic E-state index is -0.414. The molecule has 3 heterocycles. The van der Waals surface area contributed by atoms with Crippen molar-refractivity contribution in [2.75, 3.05) is 0 Å². The van der Waals surface area contributed by atoms with E-state index in [2.05, 4.69) is 24.9 Å². The van der Waals surface area contributed by atoms with Crippen molar-refractivity contribution in [3.8, 4) is 0 Å². The second-order valence-electron chi connectivity index (χ2n) is 9.16. The molecule has 1 N–H and O–H groups in total. The average Bonchev–Trinajstić information content (AvgIpc) is 3.39. The lowest BCUT2D eigenvalue weighted by atomic mass is 10.2. The van der Waals surface area contributed by atoms with Crippen LogP contribution in [-0.4, -0.2) is 36.0 Å². The number of fused-ring (bicyclic) bond motifs is 1. The lowest BCUT2D eigenvalue weighted by Gasteiger charge is -2.22. The summed E-state index contributed by atoms with van der Waals surface area (Å²) in [4.78, 5) is 49.0. The van der Waals surface area contributed by atoms with Gasteiger partial charge in [-0.15, -0.1) is 11.3 Å². The fourth-order valence-electron chi connectivity index (χ4n) is 4.43. The van der Waals surface area contributed by atoms with Crippen LogP contribution in [0.15, 0.2) is 27.1 Å². The number of nitrogens with zero attached hydrogens (tertiary/aromatic N) is 4. The molecule has 0 spiro atoms. The van der Waals surface area contributed by atoms with Crippen LogP contribution in [0.2, 0.25) is 0 Å². The second-order valence-corrected chi connectivity index (χ2v) is 10.2. The van der Waals surface area contributed by atoms with Gasteiger partial charge in [-0.1, -0.05) is 39.2 Å². The summed E-state index contributed by atoms with van der Waals surface area (Å²) < 4.78 is 3.52. The Balaban J connectivity index is 1.61. The molecule has 184 valence electrons. The largest absolute Gasteiger partial charge is 0.335 e. The van der Waals surface area contributed by atoms with Gasteiger partial charge in [0.1, 0.15) is 5.82 Å². The third-order valence-corrected chi connectivity index (χ3v) is 7.32. The molecule has 1 aliphatic rings. The van der Waals surface area contributed by atoms with Crippen LogP contribution in [0.3, 0.4) is 0 Å². The Kier molecular flexibility index (Phi) is 8.03. The van der Waals surface area contributed by atoms with Gasteiger partial charge in [-0.05, 0) is 37.1 Å². The van der Waals surface area contributed by atoms with Crippen molar-refractivity contribution in [1.29, 1.82) is 0 Å². The molecule has 3 aromatic heterocycles. The van der Waals surface area contributed by atoms with Gasteiger partial charge in [-0.2, -0.15) is 0 Å². The molecule has 1 fully saturated rings. The molecule has 3 aromatic rings. The van der Waals surface area contributed by atoms with Gasteiger partial charge in [-0.25, -0.2) is 9.78 Å². The van der Waals surface area contributed by atoms with E-state index < -0.39 is 11.2 Å². The topological polar surface area (TPSA) is 93.0 Å². The standard InChI is InChI=1S/C25H35N5O3S/c1-3-5-7-15-28-20(26-23-22(28)24(32)27-25(33)29(23)14-6-4-2)12-13-21(31)30(18-10-11-18)17-19-9-8-16-34-19/h8-9,16,18H,3-7,10-15,17H2,1-2H3,(H,27,32,33). The molecule has 1 saturated carbocycles. The minimum Gasteiger partial charge on any atom is -0.335 e. The van der Waals surface area contributed by atoms with Gasteiger partial charge in [0, 0.05) is 36.9 Å². The maximum atomic E-state index is 13.2. The van der Waals surface area contributed by atoms with Crippen LogP contribution in [0.1, 0.15) is 75.9 Å². The molecule has 1 amide bonds. The number of carbonyl (C=O) groups is 1. The molecule has 0 saturated heterocycles. The summed E-state index contributed by atoms with van der Waals surface area (Å²) >= 11 is 1.67. The molecule has 9 heteroatoms. The molecular formula is C25H35N5O3S. The molecule has 34 heavy (non-hydrogen) atoms. The van der Waals surface area contributed by atoms with Gasteiger partial charge in [0.15, 0.2) is 11.2 Å². The Hall–Kier alpha value is -2.68. The van der Waals surface area contributed by atoms with E-state index in [0.29, 0.717) is 55.5 Å². The third kappa shape index (κ3) is 5.51. The Morgan fingerprint density at radius 2 is 1.91 bits per heavy atom. The number of amides is 1. The van der Waals surface area contributed by atoms with Crippen LogP contribution in [0.5, 0.6) is 0 Å². The Bertz CT molecular complexity index is 1220. The van der Waals surface area contributed by atoms with Crippen molar-refractivity contribution in [2.45, 2.75) is 97.3 Å². The van der Waals surface area contributed by atoms with E-state index in [4.69, 9.17) is 4.98 Å². The van der Waals surface area contributed by atoms with Crippen molar-refractivity contribution < 1.29 is 4.79 Å². The maximum absolute atomic E-state index is 13.2. The smallest absolute Gasteiger partial charge is 0.330 e. The zero-order chi connectivity index (χ0) is 24.1. The highest BCUT2D eigenvalue weighted by atomic mass is 32.1. The van der Waals surface area contributed by atoms with E-state index in [1.165, 1.54) is 4.88 Å². The first-order chi connectivity index (χ1) is 16.5. The lowest BCUT2D eigenvalue weighted by molar-refractivity contribution is -0.132. The van der Waals surface area contributed by atoms with Gasteiger partial charge in [0.25, 0.3) is 5.56 Å². The summed E-state index contributed by atoms with van der Waals surface area (Å²) in [5.41, 5.74) is 0.0833. The average molecular weight is 486 g/mol. The third-order valence-electron chi connectivity index (χ3n) is 6.46. The number of aromatic amines is 1. The van der Waals surface area contributed by atoms with Gasteiger partial charge in [-0.3, -0.25) is 19.1 Å². The van der Waals surface area contributed by atoms with E-state index in [1.807, 2.05) is 20.9 Å². The van der Waals surface area contributed by atoms with Crippen LogP contribution in [0.4, 0.5) is 0 Å². The number of hydrogen-bond donors (Lipinski definition) is 1. The van der Waals surface area contributed by atoms with E-state index in [1.54, 1.807) is 15.9 Å². The van der Waals surface area contributed by atoms with Crippen molar-refractivity contribution in [1.82, 2.24) is 24.0 Å². The number of thiophene rings is 1. The quantitative estimate of drug-likeness (QED) is 0.370. The highest BCUT2D eigenvalue weighted by molar-refractivity contribution is 7.09. The number of carbonyl (C=O) groups excluding carboxylic acids is 1. The van der Waals surface area contributed by atoms with Gasteiger partial charge in [0.05, 0.1) is 6.54 Å². The van der Waals surface area contributed by atoms with Crippen molar-refractivity contribution in [3.63, 3.8) is 0 Å². The van der Waals surface area contributed by atoms with Crippen LogP contribution in [0.25, 0.3) is 11.2 Å². The fourth-order valence-corrected chi connectivity index (χ4v) is 5.14. The molecular weight excluding hydrogens is 450 g/mol. The maximum Gasteiger partial charge on any atom is 0.330 e. The van der Waals surface area contributed by atoms with Crippen molar-refractivity contribution in [2.24, 2.45) is 0 Å². The monoisotopic (exact) mass is 485 g/mol. The molecule has 4 rings (SSSR count). The molecule has 0 aliphatic heterocycles. The van der Waals surface area contributed by atoms with E-state index in [-0.39, 0.29) is 5.91 Å². The van der Waals surface area contributed by atoms with Gasteiger partial charge >= 0.3 is 5.69 Å². The Labute approximate surface area is 203 Å². The van der Waals surface area contributed by atoms with Crippen molar-refractivity contribution >= 4 is 28.4 Å². The summed E-state index contributed by atoms with van der Waals surface area (Å²) in [7, 11) is 0.